The molecule has 2 aliphatic rings. The normalized spacial score (nSPS) is 22.8. The molecule has 0 radical (unpaired) electrons. The highest BCUT2D eigenvalue weighted by atomic mass is 16.2. The first-order valence-corrected chi connectivity index (χ1v) is 11.9. The Hall–Kier alpha value is -2.34. The van der Waals surface area contributed by atoms with E-state index in [1.165, 1.54) is 16.6 Å². The Morgan fingerprint density at radius 1 is 1.19 bits per heavy atom. The van der Waals surface area contributed by atoms with Crippen molar-refractivity contribution in [2.45, 2.75) is 77.5 Å². The smallest absolute Gasteiger partial charge is 0.245 e. The molecule has 168 valence electrons. The predicted molar refractivity (Wildman–Crippen MR) is 124 cm³/mol. The number of benzene rings is 1. The quantitative estimate of drug-likeness (QED) is 0.742. The van der Waals surface area contributed by atoms with Crippen LogP contribution in [0.2, 0.25) is 0 Å². The Morgan fingerprint density at radius 2 is 1.97 bits per heavy atom. The minimum Gasteiger partial charge on any atom is -0.345 e. The number of aryl methyl sites for hydroxylation is 2. The summed E-state index contributed by atoms with van der Waals surface area (Å²) in [5, 5.41) is 1.28. The summed E-state index contributed by atoms with van der Waals surface area (Å²) in [5.74, 6) is 0.108. The van der Waals surface area contributed by atoms with Gasteiger partial charge in [-0.2, -0.15) is 0 Å². The van der Waals surface area contributed by atoms with Crippen LogP contribution in [0.15, 0.2) is 30.3 Å². The van der Waals surface area contributed by atoms with Crippen molar-refractivity contribution in [3.05, 3.63) is 36.0 Å². The van der Waals surface area contributed by atoms with Gasteiger partial charge in [0.25, 0.3) is 0 Å². The minimum atomic E-state index is -0.459. The van der Waals surface area contributed by atoms with E-state index in [2.05, 4.69) is 46.7 Å². The number of carbonyl (C=O) groups excluding carboxylic acids is 2. The summed E-state index contributed by atoms with van der Waals surface area (Å²) in [6.07, 6.45) is 4.62. The molecule has 2 fully saturated rings. The molecule has 2 aromatic rings. The highest BCUT2D eigenvalue weighted by Gasteiger charge is 2.42. The van der Waals surface area contributed by atoms with Crippen molar-refractivity contribution in [3.8, 4) is 0 Å². The number of nitrogens with zero attached hydrogens (tertiary/aromatic N) is 3. The van der Waals surface area contributed by atoms with Crippen LogP contribution in [0.1, 0.15) is 52.1 Å². The maximum Gasteiger partial charge on any atom is 0.245 e. The molecule has 6 heteroatoms. The van der Waals surface area contributed by atoms with Gasteiger partial charge < -0.3 is 20.1 Å². The van der Waals surface area contributed by atoms with Gasteiger partial charge in [-0.15, -0.1) is 0 Å². The average molecular weight is 425 g/mol. The Labute approximate surface area is 185 Å². The zero-order valence-electron chi connectivity index (χ0n) is 19.1. The van der Waals surface area contributed by atoms with Crippen LogP contribution in [0.3, 0.4) is 0 Å². The molecule has 1 aromatic heterocycles. The molecule has 1 aromatic carbocycles. The van der Waals surface area contributed by atoms with Crippen molar-refractivity contribution in [1.29, 1.82) is 0 Å². The second-order valence-corrected chi connectivity index (χ2v) is 9.42. The third kappa shape index (κ3) is 4.10. The van der Waals surface area contributed by atoms with Crippen LogP contribution < -0.4 is 5.73 Å². The van der Waals surface area contributed by atoms with Gasteiger partial charge in [-0.3, -0.25) is 9.59 Å². The van der Waals surface area contributed by atoms with E-state index in [4.69, 9.17) is 5.73 Å². The van der Waals surface area contributed by atoms with E-state index in [1.807, 2.05) is 13.8 Å². The van der Waals surface area contributed by atoms with Crippen molar-refractivity contribution in [3.63, 3.8) is 0 Å². The fourth-order valence-corrected chi connectivity index (χ4v) is 5.54. The van der Waals surface area contributed by atoms with Crippen LogP contribution in [-0.4, -0.2) is 57.4 Å². The molecule has 0 unspecified atom stereocenters. The fourth-order valence-electron chi connectivity index (χ4n) is 5.54. The number of fused-ring (bicyclic) bond motifs is 1. The molecule has 0 bridgehead atoms. The number of para-hydroxylation sites is 1. The lowest BCUT2D eigenvalue weighted by Gasteiger charge is -2.35. The number of aromatic nitrogens is 1. The molecule has 2 saturated heterocycles. The number of rotatable bonds is 7. The largest absolute Gasteiger partial charge is 0.345 e. The third-order valence-electron chi connectivity index (χ3n) is 7.11. The molecule has 6 nitrogen and oxygen atoms in total. The Morgan fingerprint density at radius 3 is 2.65 bits per heavy atom. The van der Waals surface area contributed by atoms with Gasteiger partial charge in [0.2, 0.25) is 11.8 Å². The topological polar surface area (TPSA) is 71.6 Å². The Kier molecular flexibility index (Phi) is 6.37. The monoisotopic (exact) mass is 424 g/mol. The van der Waals surface area contributed by atoms with Gasteiger partial charge in [-0.05, 0) is 62.5 Å². The standard InChI is InChI=1S/C25H36N4O2/c1-4-27-20(16-18-8-5-6-10-22(18)27)12-11-19-9-7-14-28(19)25(31)23(17(2)3)29-15-13-21(26)24(29)30/h5-6,8,10,16-17,19,21,23H,4,7,9,11-15,26H2,1-3H3/t19-,21-,23-/m0/s1. The zero-order valence-corrected chi connectivity index (χ0v) is 19.1. The molecule has 4 rings (SSSR count). The maximum atomic E-state index is 13.6. The molecule has 2 amide bonds. The van der Waals surface area contributed by atoms with Crippen molar-refractivity contribution in [1.82, 2.24) is 14.4 Å². The van der Waals surface area contributed by atoms with Crippen molar-refractivity contribution >= 4 is 22.7 Å². The highest BCUT2D eigenvalue weighted by molar-refractivity contribution is 5.91. The lowest BCUT2D eigenvalue weighted by Crippen LogP contribution is -2.54. The van der Waals surface area contributed by atoms with Gasteiger partial charge in [-0.1, -0.05) is 32.0 Å². The highest BCUT2D eigenvalue weighted by Crippen LogP contribution is 2.28. The van der Waals surface area contributed by atoms with E-state index in [9.17, 15) is 9.59 Å². The van der Waals surface area contributed by atoms with Crippen LogP contribution in [-0.2, 0) is 22.6 Å². The van der Waals surface area contributed by atoms with E-state index >= 15 is 0 Å². The molecule has 2 aliphatic heterocycles. The molecular formula is C25H36N4O2. The molecule has 0 spiro atoms. The van der Waals surface area contributed by atoms with Crippen LogP contribution in [0, 0.1) is 5.92 Å². The number of hydrogen-bond acceptors (Lipinski definition) is 3. The van der Waals surface area contributed by atoms with E-state index in [0.29, 0.717) is 13.0 Å². The van der Waals surface area contributed by atoms with Gasteiger partial charge >= 0.3 is 0 Å². The summed E-state index contributed by atoms with van der Waals surface area (Å²) in [7, 11) is 0. The van der Waals surface area contributed by atoms with Crippen molar-refractivity contribution in [2.75, 3.05) is 13.1 Å². The number of amides is 2. The van der Waals surface area contributed by atoms with Crippen molar-refractivity contribution < 1.29 is 9.59 Å². The van der Waals surface area contributed by atoms with E-state index < -0.39 is 12.1 Å². The summed E-state index contributed by atoms with van der Waals surface area (Å²) in [6, 6.07) is 10.2. The SMILES string of the molecule is CCn1c(CC[C@@H]2CCCN2C(=O)[C@H](C(C)C)N2CC[C@H](N)C2=O)cc2ccccc21. The fraction of sp³-hybridized carbons (Fsp3) is 0.600. The molecule has 31 heavy (non-hydrogen) atoms. The first kappa shape index (κ1) is 21.9. The number of likely N-dealkylation sites (tertiary alicyclic amines) is 2. The number of hydrogen-bond donors (Lipinski definition) is 1. The lowest BCUT2D eigenvalue weighted by molar-refractivity contribution is -0.146. The van der Waals surface area contributed by atoms with Gasteiger partial charge in [0.05, 0.1) is 6.04 Å². The van der Waals surface area contributed by atoms with Gasteiger partial charge in [0, 0.05) is 36.9 Å². The van der Waals surface area contributed by atoms with E-state index in [1.54, 1.807) is 4.90 Å². The summed E-state index contributed by atoms with van der Waals surface area (Å²) < 4.78 is 2.39. The second-order valence-electron chi connectivity index (χ2n) is 9.42. The first-order chi connectivity index (χ1) is 14.9. The minimum absolute atomic E-state index is 0.0738. The molecule has 2 N–H and O–H groups in total. The van der Waals surface area contributed by atoms with Gasteiger partial charge in [0.1, 0.15) is 6.04 Å². The maximum absolute atomic E-state index is 13.6. The van der Waals surface area contributed by atoms with E-state index in [0.717, 1.165) is 38.8 Å². The molecule has 3 heterocycles. The first-order valence-electron chi connectivity index (χ1n) is 11.9. The van der Waals surface area contributed by atoms with E-state index in [-0.39, 0.29) is 23.8 Å². The van der Waals surface area contributed by atoms with Crippen LogP contribution in [0.5, 0.6) is 0 Å². The van der Waals surface area contributed by atoms with Gasteiger partial charge in [-0.25, -0.2) is 0 Å². The second kappa shape index (κ2) is 9.03. The van der Waals surface area contributed by atoms with Crippen LogP contribution >= 0.6 is 0 Å². The lowest BCUT2D eigenvalue weighted by atomic mass is 9.99. The summed E-state index contributed by atoms with van der Waals surface area (Å²) >= 11 is 0. The number of carbonyl (C=O) groups is 2. The zero-order chi connectivity index (χ0) is 22.1. The Balaban J connectivity index is 1.49. The predicted octanol–water partition coefficient (Wildman–Crippen LogP) is 3.17. The molecular weight excluding hydrogens is 388 g/mol. The average Bonchev–Trinajstić information content (AvgIpc) is 3.45. The molecule has 0 aliphatic carbocycles. The van der Waals surface area contributed by atoms with Crippen LogP contribution in [0.4, 0.5) is 0 Å². The number of nitrogens with two attached hydrogens (primary N) is 1. The van der Waals surface area contributed by atoms with Gasteiger partial charge in [0.15, 0.2) is 0 Å². The molecule has 3 atom stereocenters. The third-order valence-corrected chi connectivity index (χ3v) is 7.11. The van der Waals surface area contributed by atoms with Crippen molar-refractivity contribution in [2.24, 2.45) is 11.7 Å². The summed E-state index contributed by atoms with van der Waals surface area (Å²) in [5.41, 5.74) is 8.56. The summed E-state index contributed by atoms with van der Waals surface area (Å²) in [6.45, 7) is 8.57. The Bertz CT molecular complexity index is 950. The summed E-state index contributed by atoms with van der Waals surface area (Å²) in [4.78, 5) is 29.9. The molecule has 0 saturated carbocycles. The van der Waals surface area contributed by atoms with Crippen LogP contribution in [0.25, 0.3) is 10.9 Å².